The Kier molecular flexibility index (Phi) is 5.28. The zero-order chi connectivity index (χ0) is 25.0. The number of nitrogens with one attached hydrogen (secondary N) is 2. The molecule has 3 aromatic heterocycles. The third-order valence-electron chi connectivity index (χ3n) is 6.14. The molecule has 5 rings (SSSR count). The molecule has 1 spiro atoms. The molecule has 3 aromatic rings. The summed E-state index contributed by atoms with van der Waals surface area (Å²) in [5.41, 5.74) is -0.190. The number of fused-ring (bicyclic) bond motifs is 4. The number of hydrogen-bond donors (Lipinski definition) is 3. The van der Waals surface area contributed by atoms with Gasteiger partial charge in [0.15, 0.2) is 10.7 Å². The Bertz CT molecular complexity index is 1460. The number of nitrogens with zero attached hydrogens (tertiary/aromatic N) is 5. The summed E-state index contributed by atoms with van der Waals surface area (Å²) in [6.07, 6.45) is 0.588. The van der Waals surface area contributed by atoms with Crippen molar-refractivity contribution in [2.24, 2.45) is 10.2 Å². The van der Waals surface area contributed by atoms with Gasteiger partial charge in [0.25, 0.3) is 15.9 Å². The predicted molar refractivity (Wildman–Crippen MR) is 118 cm³/mol. The fraction of sp³-hybridized carbons (Fsp3) is 0.350. The van der Waals surface area contributed by atoms with Crippen molar-refractivity contribution in [2.45, 2.75) is 48.8 Å². The fourth-order valence-corrected chi connectivity index (χ4v) is 5.03. The fourth-order valence-electron chi connectivity index (χ4n) is 4.57. The lowest BCUT2D eigenvalue weighted by atomic mass is 9.80. The van der Waals surface area contributed by atoms with Gasteiger partial charge < -0.3 is 9.88 Å². The first-order valence-corrected chi connectivity index (χ1v) is 12.1. The SMILES string of the molecule is NS(=O)(=O)c1ccc(Nc2ncc3cc4n(c3n2)C2(CCCCC2)C(=O)NN=C4C(F)(F)F)cn1. The number of hydrazone groups is 1. The van der Waals surface area contributed by atoms with E-state index in [1.165, 1.54) is 35.2 Å². The molecule has 15 heteroatoms. The molecule has 184 valence electrons. The minimum atomic E-state index is -4.81. The van der Waals surface area contributed by atoms with E-state index in [-0.39, 0.29) is 22.3 Å². The lowest BCUT2D eigenvalue weighted by molar-refractivity contribution is -0.131. The van der Waals surface area contributed by atoms with Crippen LogP contribution in [0.2, 0.25) is 0 Å². The second-order valence-corrected chi connectivity index (χ2v) is 9.89. The predicted octanol–water partition coefficient (Wildman–Crippen LogP) is 2.27. The highest BCUT2D eigenvalue weighted by atomic mass is 32.2. The normalized spacial score (nSPS) is 18.1. The second-order valence-electron chi connectivity index (χ2n) is 8.38. The molecule has 1 saturated carbocycles. The third-order valence-corrected chi connectivity index (χ3v) is 6.96. The number of aromatic nitrogens is 4. The largest absolute Gasteiger partial charge is 0.437 e. The summed E-state index contributed by atoms with van der Waals surface area (Å²) in [4.78, 5) is 25.5. The number of primary sulfonamides is 1. The zero-order valence-electron chi connectivity index (χ0n) is 18.0. The number of sulfonamides is 1. The van der Waals surface area contributed by atoms with Crippen molar-refractivity contribution in [3.63, 3.8) is 0 Å². The van der Waals surface area contributed by atoms with E-state index in [0.29, 0.717) is 36.8 Å². The summed E-state index contributed by atoms with van der Waals surface area (Å²) in [6, 6.07) is 3.86. The van der Waals surface area contributed by atoms with Crippen LogP contribution in [0.15, 0.2) is 40.7 Å². The molecule has 0 atom stereocenters. The topological polar surface area (TPSA) is 157 Å². The number of anilines is 2. The van der Waals surface area contributed by atoms with Crippen LogP contribution in [0.4, 0.5) is 24.8 Å². The third kappa shape index (κ3) is 3.99. The maximum Gasteiger partial charge on any atom is 0.437 e. The van der Waals surface area contributed by atoms with Gasteiger partial charge in [0, 0.05) is 11.6 Å². The van der Waals surface area contributed by atoms with Gasteiger partial charge >= 0.3 is 6.18 Å². The molecule has 11 nitrogen and oxygen atoms in total. The summed E-state index contributed by atoms with van der Waals surface area (Å²) in [7, 11) is -3.98. The molecule has 2 aliphatic rings. The Morgan fingerprint density at radius 3 is 2.49 bits per heavy atom. The van der Waals surface area contributed by atoms with E-state index in [1.807, 2.05) is 0 Å². The first-order chi connectivity index (χ1) is 16.5. The van der Waals surface area contributed by atoms with E-state index in [2.05, 4.69) is 30.8 Å². The van der Waals surface area contributed by atoms with Gasteiger partial charge in [-0.15, -0.1) is 0 Å². The number of carbonyl (C=O) groups excluding carboxylic acids is 1. The highest BCUT2D eigenvalue weighted by molar-refractivity contribution is 7.89. The Morgan fingerprint density at radius 1 is 1.11 bits per heavy atom. The van der Waals surface area contributed by atoms with Crippen molar-refractivity contribution in [3.8, 4) is 0 Å². The minimum Gasteiger partial charge on any atom is -0.323 e. The van der Waals surface area contributed by atoms with E-state index >= 15 is 0 Å². The molecule has 4 heterocycles. The van der Waals surface area contributed by atoms with Crippen molar-refractivity contribution in [3.05, 3.63) is 36.3 Å². The van der Waals surface area contributed by atoms with Gasteiger partial charge in [-0.1, -0.05) is 19.3 Å². The van der Waals surface area contributed by atoms with Crippen LogP contribution >= 0.6 is 0 Å². The first kappa shape index (κ1) is 23.2. The number of carbonyl (C=O) groups is 1. The molecular formula is C20H19F3N8O3S. The monoisotopic (exact) mass is 508 g/mol. The molecule has 0 bridgehead atoms. The number of alkyl halides is 3. The second kappa shape index (κ2) is 7.98. The van der Waals surface area contributed by atoms with Gasteiger partial charge in [0.05, 0.1) is 17.6 Å². The molecule has 0 unspecified atom stereocenters. The molecule has 1 amide bonds. The van der Waals surface area contributed by atoms with Crippen LogP contribution in [0.3, 0.4) is 0 Å². The Balaban J connectivity index is 1.64. The van der Waals surface area contributed by atoms with E-state index in [9.17, 15) is 26.4 Å². The van der Waals surface area contributed by atoms with Crippen LogP contribution in [-0.4, -0.2) is 45.7 Å². The first-order valence-electron chi connectivity index (χ1n) is 10.6. The highest BCUT2D eigenvalue weighted by Crippen LogP contribution is 2.42. The quantitative estimate of drug-likeness (QED) is 0.490. The molecule has 0 radical (unpaired) electrons. The average molecular weight is 508 g/mol. The Labute approximate surface area is 196 Å². The van der Waals surface area contributed by atoms with Crippen LogP contribution in [0, 0.1) is 0 Å². The van der Waals surface area contributed by atoms with Gasteiger partial charge in [-0.2, -0.15) is 23.3 Å². The number of rotatable bonds is 3. The van der Waals surface area contributed by atoms with Gasteiger partial charge in [-0.05, 0) is 31.0 Å². The van der Waals surface area contributed by atoms with Crippen LogP contribution in [0.1, 0.15) is 37.8 Å². The molecule has 1 aliphatic heterocycles. The summed E-state index contributed by atoms with van der Waals surface area (Å²) in [6.45, 7) is 0. The number of halogens is 3. The summed E-state index contributed by atoms with van der Waals surface area (Å²) >= 11 is 0. The molecule has 4 N–H and O–H groups in total. The van der Waals surface area contributed by atoms with Gasteiger partial charge in [-0.25, -0.2) is 29.0 Å². The lowest BCUT2D eigenvalue weighted by Crippen LogP contribution is -2.48. The molecule has 0 saturated heterocycles. The van der Waals surface area contributed by atoms with Crippen LogP contribution in [-0.2, 0) is 20.4 Å². The molecule has 1 fully saturated rings. The summed E-state index contributed by atoms with van der Waals surface area (Å²) in [5.74, 6) is -0.601. The van der Waals surface area contributed by atoms with Gasteiger partial charge in [-0.3, -0.25) is 4.79 Å². The molecule has 1 aliphatic carbocycles. The van der Waals surface area contributed by atoms with Crippen molar-refractivity contribution in [1.82, 2.24) is 24.9 Å². The maximum absolute atomic E-state index is 13.9. The van der Waals surface area contributed by atoms with Gasteiger partial charge in [0.2, 0.25) is 5.95 Å². The number of pyridine rings is 1. The van der Waals surface area contributed by atoms with Crippen molar-refractivity contribution < 1.29 is 26.4 Å². The smallest absolute Gasteiger partial charge is 0.323 e. The molecule has 0 aromatic carbocycles. The van der Waals surface area contributed by atoms with Crippen molar-refractivity contribution in [1.29, 1.82) is 0 Å². The highest BCUT2D eigenvalue weighted by Gasteiger charge is 2.49. The number of amides is 1. The van der Waals surface area contributed by atoms with Crippen molar-refractivity contribution in [2.75, 3.05) is 5.32 Å². The average Bonchev–Trinajstić information content (AvgIpc) is 3.12. The minimum absolute atomic E-state index is 0.0182. The molecular weight excluding hydrogens is 489 g/mol. The lowest BCUT2D eigenvalue weighted by Gasteiger charge is -2.37. The molecule has 35 heavy (non-hydrogen) atoms. The van der Waals surface area contributed by atoms with E-state index in [4.69, 9.17) is 5.14 Å². The summed E-state index contributed by atoms with van der Waals surface area (Å²) in [5, 5.41) is 11.3. The van der Waals surface area contributed by atoms with E-state index in [1.54, 1.807) is 0 Å². The summed E-state index contributed by atoms with van der Waals surface area (Å²) < 4.78 is 65.8. The van der Waals surface area contributed by atoms with Crippen molar-refractivity contribution >= 4 is 44.3 Å². The Hall–Kier alpha value is -3.59. The van der Waals surface area contributed by atoms with Crippen LogP contribution in [0.25, 0.3) is 11.0 Å². The van der Waals surface area contributed by atoms with Crippen LogP contribution in [0.5, 0.6) is 0 Å². The number of hydrogen-bond acceptors (Lipinski definition) is 8. The van der Waals surface area contributed by atoms with Crippen LogP contribution < -0.4 is 15.9 Å². The Morgan fingerprint density at radius 2 is 1.86 bits per heavy atom. The number of nitrogens with two attached hydrogens (primary N) is 1. The standard InChI is InChI=1S/C20H19F3N8O3S/c21-20(22,23)15-13-8-11-9-26-18(27-12-4-5-14(25-10-12)35(24,33)34)28-16(11)31(13)19(17(32)30-29-15)6-2-1-3-7-19/h4-5,8-10H,1-3,6-7H2,(H,30,32)(H2,24,33,34)(H,26,27,28). The van der Waals surface area contributed by atoms with E-state index < -0.39 is 33.4 Å². The maximum atomic E-state index is 13.9. The van der Waals surface area contributed by atoms with E-state index in [0.717, 1.165) is 6.42 Å². The zero-order valence-corrected chi connectivity index (χ0v) is 18.8. The van der Waals surface area contributed by atoms with Gasteiger partial charge in [0.1, 0.15) is 11.2 Å².